The fraction of sp³-hybridized carbons (Fsp3) is 0.625. The first kappa shape index (κ1) is 14.2. The molecule has 106 valence electrons. The lowest BCUT2D eigenvalue weighted by Crippen LogP contribution is -2.26. The minimum absolute atomic E-state index is 0.649. The molecule has 0 saturated heterocycles. The third-order valence-corrected chi connectivity index (χ3v) is 3.84. The van der Waals surface area contributed by atoms with Gasteiger partial charge in [-0.1, -0.05) is 19.1 Å². The van der Waals surface area contributed by atoms with Crippen LogP contribution in [0.25, 0.3) is 0 Å². The molecule has 1 aliphatic rings. The number of methoxy groups -OCH3 is 1. The molecule has 1 aromatic rings. The Kier molecular flexibility index (Phi) is 5.08. The van der Waals surface area contributed by atoms with Crippen molar-refractivity contribution in [1.29, 1.82) is 0 Å². The fourth-order valence-electron chi connectivity index (χ4n) is 2.85. The molecule has 3 heteroatoms. The molecule has 2 rings (SSSR count). The zero-order valence-electron chi connectivity index (χ0n) is 12.2. The van der Waals surface area contributed by atoms with Crippen molar-refractivity contribution < 1.29 is 9.47 Å². The number of hydrogen-bond acceptors (Lipinski definition) is 3. The summed E-state index contributed by atoms with van der Waals surface area (Å²) in [6.45, 7) is 5.83. The van der Waals surface area contributed by atoms with Crippen LogP contribution in [0.3, 0.4) is 0 Å². The van der Waals surface area contributed by atoms with Gasteiger partial charge in [-0.25, -0.2) is 0 Å². The van der Waals surface area contributed by atoms with Gasteiger partial charge < -0.3 is 14.8 Å². The normalized spacial score (nSPS) is 22.5. The lowest BCUT2D eigenvalue weighted by atomic mass is 10.1. The van der Waals surface area contributed by atoms with Gasteiger partial charge in [-0.3, -0.25) is 0 Å². The molecule has 2 unspecified atom stereocenters. The van der Waals surface area contributed by atoms with Crippen molar-refractivity contribution in [2.75, 3.05) is 13.7 Å². The van der Waals surface area contributed by atoms with Gasteiger partial charge in [0.15, 0.2) is 11.5 Å². The molecule has 2 atom stereocenters. The number of hydrogen-bond donors (Lipinski definition) is 1. The molecule has 1 N–H and O–H groups in total. The first-order valence-corrected chi connectivity index (χ1v) is 7.26. The van der Waals surface area contributed by atoms with Crippen molar-refractivity contribution >= 4 is 0 Å². The van der Waals surface area contributed by atoms with E-state index >= 15 is 0 Å². The number of rotatable bonds is 6. The van der Waals surface area contributed by atoms with Crippen molar-refractivity contribution in [3.8, 4) is 11.5 Å². The lowest BCUT2D eigenvalue weighted by Gasteiger charge is -2.16. The molecule has 1 aliphatic carbocycles. The summed E-state index contributed by atoms with van der Waals surface area (Å²) < 4.78 is 11.1. The Morgan fingerprint density at radius 3 is 2.79 bits per heavy atom. The van der Waals surface area contributed by atoms with Crippen LogP contribution in [0.5, 0.6) is 11.5 Å². The summed E-state index contributed by atoms with van der Waals surface area (Å²) >= 11 is 0. The van der Waals surface area contributed by atoms with Gasteiger partial charge in [-0.15, -0.1) is 0 Å². The van der Waals surface area contributed by atoms with Crippen LogP contribution >= 0.6 is 0 Å². The number of nitrogens with one attached hydrogen (secondary N) is 1. The number of benzene rings is 1. The van der Waals surface area contributed by atoms with Crippen LogP contribution in [0.1, 0.15) is 38.7 Å². The summed E-state index contributed by atoms with van der Waals surface area (Å²) in [6.07, 6.45) is 3.91. The van der Waals surface area contributed by atoms with E-state index in [1.165, 1.54) is 24.8 Å². The minimum atomic E-state index is 0.649. The third kappa shape index (κ3) is 3.63. The molecular formula is C16H25NO2. The van der Waals surface area contributed by atoms with Crippen LogP contribution in [0, 0.1) is 5.92 Å². The molecule has 1 fully saturated rings. The Balaban J connectivity index is 2.00. The van der Waals surface area contributed by atoms with Gasteiger partial charge >= 0.3 is 0 Å². The second-order valence-corrected chi connectivity index (χ2v) is 5.38. The van der Waals surface area contributed by atoms with Crippen LogP contribution in [-0.2, 0) is 6.54 Å². The van der Waals surface area contributed by atoms with E-state index in [4.69, 9.17) is 9.47 Å². The summed E-state index contributed by atoms with van der Waals surface area (Å²) in [5, 5.41) is 3.64. The summed E-state index contributed by atoms with van der Waals surface area (Å²) in [5.41, 5.74) is 1.17. The third-order valence-electron chi connectivity index (χ3n) is 3.84. The van der Waals surface area contributed by atoms with E-state index in [1.54, 1.807) is 7.11 Å². The highest BCUT2D eigenvalue weighted by atomic mass is 16.5. The average molecular weight is 263 g/mol. The molecular weight excluding hydrogens is 238 g/mol. The van der Waals surface area contributed by atoms with E-state index in [1.807, 2.05) is 19.1 Å². The van der Waals surface area contributed by atoms with E-state index in [0.717, 1.165) is 24.0 Å². The zero-order valence-corrected chi connectivity index (χ0v) is 12.2. The quantitative estimate of drug-likeness (QED) is 0.853. The molecule has 0 radical (unpaired) electrons. The van der Waals surface area contributed by atoms with Gasteiger partial charge in [0.25, 0.3) is 0 Å². The van der Waals surface area contributed by atoms with Gasteiger partial charge in [0.2, 0.25) is 0 Å². The van der Waals surface area contributed by atoms with E-state index in [2.05, 4.69) is 18.3 Å². The van der Waals surface area contributed by atoms with Crippen molar-refractivity contribution in [2.45, 2.75) is 45.7 Å². The highest BCUT2D eigenvalue weighted by molar-refractivity contribution is 5.46. The topological polar surface area (TPSA) is 30.5 Å². The maximum Gasteiger partial charge on any atom is 0.165 e. The van der Waals surface area contributed by atoms with E-state index < -0.39 is 0 Å². The van der Waals surface area contributed by atoms with Crippen LogP contribution in [-0.4, -0.2) is 19.8 Å². The largest absolute Gasteiger partial charge is 0.493 e. The predicted molar refractivity (Wildman–Crippen MR) is 77.8 cm³/mol. The van der Waals surface area contributed by atoms with Gasteiger partial charge in [0, 0.05) is 18.2 Å². The van der Waals surface area contributed by atoms with Crippen molar-refractivity contribution in [1.82, 2.24) is 5.32 Å². The molecule has 19 heavy (non-hydrogen) atoms. The Hall–Kier alpha value is -1.22. The van der Waals surface area contributed by atoms with Crippen molar-refractivity contribution in [2.24, 2.45) is 5.92 Å². The zero-order chi connectivity index (χ0) is 13.7. The summed E-state index contributed by atoms with van der Waals surface area (Å²) in [4.78, 5) is 0. The Morgan fingerprint density at radius 1 is 1.32 bits per heavy atom. The maximum absolute atomic E-state index is 5.60. The molecule has 1 aromatic carbocycles. The second-order valence-electron chi connectivity index (χ2n) is 5.38. The SMILES string of the molecule is CCOc1cccc(CNC2CCC(C)C2)c1OC. The van der Waals surface area contributed by atoms with Crippen molar-refractivity contribution in [3.63, 3.8) is 0 Å². The Labute approximate surface area is 116 Å². The van der Waals surface area contributed by atoms with E-state index in [-0.39, 0.29) is 0 Å². The van der Waals surface area contributed by atoms with Gasteiger partial charge in [0.1, 0.15) is 0 Å². The van der Waals surface area contributed by atoms with E-state index in [0.29, 0.717) is 12.6 Å². The first-order valence-electron chi connectivity index (χ1n) is 7.26. The summed E-state index contributed by atoms with van der Waals surface area (Å²) in [6, 6.07) is 6.74. The van der Waals surface area contributed by atoms with Crippen LogP contribution in [0.2, 0.25) is 0 Å². The molecule has 1 saturated carbocycles. The monoisotopic (exact) mass is 263 g/mol. The molecule has 0 spiro atoms. The fourth-order valence-corrected chi connectivity index (χ4v) is 2.85. The number of para-hydroxylation sites is 1. The Bertz CT molecular complexity index is 406. The smallest absolute Gasteiger partial charge is 0.165 e. The van der Waals surface area contributed by atoms with Gasteiger partial charge in [0.05, 0.1) is 13.7 Å². The van der Waals surface area contributed by atoms with Crippen molar-refractivity contribution in [3.05, 3.63) is 23.8 Å². The predicted octanol–water partition coefficient (Wildman–Crippen LogP) is 3.37. The second kappa shape index (κ2) is 6.80. The highest BCUT2D eigenvalue weighted by Crippen LogP contribution is 2.31. The molecule has 0 bridgehead atoms. The standard InChI is InChI=1S/C16H25NO2/c1-4-19-15-7-5-6-13(16(15)18-3)11-17-14-9-8-12(2)10-14/h5-7,12,14,17H,4,8-11H2,1-3H3. The van der Waals surface area contributed by atoms with Crippen LogP contribution in [0.15, 0.2) is 18.2 Å². The van der Waals surface area contributed by atoms with Crippen LogP contribution < -0.4 is 14.8 Å². The maximum atomic E-state index is 5.60. The van der Waals surface area contributed by atoms with Gasteiger partial charge in [-0.05, 0) is 38.2 Å². The minimum Gasteiger partial charge on any atom is -0.493 e. The van der Waals surface area contributed by atoms with E-state index in [9.17, 15) is 0 Å². The summed E-state index contributed by atoms with van der Waals surface area (Å²) in [7, 11) is 1.71. The highest BCUT2D eigenvalue weighted by Gasteiger charge is 2.21. The first-order chi connectivity index (χ1) is 9.24. The van der Waals surface area contributed by atoms with Crippen LogP contribution in [0.4, 0.5) is 0 Å². The molecule has 0 amide bonds. The summed E-state index contributed by atoms with van der Waals surface area (Å²) in [5.74, 6) is 2.56. The molecule has 0 heterocycles. The average Bonchev–Trinajstić information content (AvgIpc) is 2.83. The molecule has 0 aliphatic heterocycles. The Morgan fingerprint density at radius 2 is 2.16 bits per heavy atom. The number of ether oxygens (including phenoxy) is 2. The van der Waals surface area contributed by atoms with Gasteiger partial charge in [-0.2, -0.15) is 0 Å². The molecule has 3 nitrogen and oxygen atoms in total. The molecule has 0 aromatic heterocycles. The lowest BCUT2D eigenvalue weighted by molar-refractivity contribution is 0.308.